The van der Waals surface area contributed by atoms with E-state index in [4.69, 9.17) is 0 Å². The lowest BCUT2D eigenvalue weighted by Gasteiger charge is -2.53. The van der Waals surface area contributed by atoms with Crippen LogP contribution in [-0.4, -0.2) is 37.0 Å². The van der Waals surface area contributed by atoms with Gasteiger partial charge in [-0.1, -0.05) is 6.42 Å². The molecule has 0 aromatic heterocycles. The van der Waals surface area contributed by atoms with E-state index >= 15 is 0 Å². The summed E-state index contributed by atoms with van der Waals surface area (Å²) in [5, 5.41) is 3.46. The highest BCUT2D eigenvalue weighted by Gasteiger charge is 2.47. The summed E-state index contributed by atoms with van der Waals surface area (Å²) in [6.07, 6.45) is 6.14. The molecule has 3 heteroatoms. The molecule has 1 N–H and O–H groups in total. The van der Waals surface area contributed by atoms with Crippen LogP contribution in [0.1, 0.15) is 32.1 Å². The predicted molar refractivity (Wildman–Crippen MR) is 58.5 cm³/mol. The molecule has 1 saturated carbocycles. The smallest absolute Gasteiger partial charge is 0.225 e. The van der Waals surface area contributed by atoms with Gasteiger partial charge in [-0.25, -0.2) is 0 Å². The van der Waals surface area contributed by atoms with Gasteiger partial charge in [0.2, 0.25) is 5.91 Å². The minimum Gasteiger partial charge on any atom is -0.341 e. The Hall–Kier alpha value is -0.570. The average Bonchev–Trinajstić information content (AvgIpc) is 2.12. The van der Waals surface area contributed by atoms with Crippen molar-refractivity contribution in [1.29, 1.82) is 0 Å². The highest BCUT2D eigenvalue weighted by molar-refractivity contribution is 5.80. The molecule has 0 aromatic rings. The molecule has 3 nitrogen and oxygen atoms in total. The number of hydrogen-bond donors (Lipinski definition) is 1. The van der Waals surface area contributed by atoms with Crippen molar-refractivity contribution < 1.29 is 4.79 Å². The highest BCUT2D eigenvalue weighted by Crippen LogP contribution is 2.39. The molecule has 2 saturated heterocycles. The Kier molecular flexibility index (Phi) is 2.23. The summed E-state index contributed by atoms with van der Waals surface area (Å²) in [4.78, 5) is 14.0. The third kappa shape index (κ3) is 1.57. The first-order valence-corrected chi connectivity index (χ1v) is 6.29. The summed E-state index contributed by atoms with van der Waals surface area (Å²) in [7, 11) is 0. The lowest BCUT2D eigenvalue weighted by Crippen LogP contribution is -2.64. The van der Waals surface area contributed by atoms with E-state index in [0.717, 1.165) is 32.5 Å². The van der Waals surface area contributed by atoms with Crippen LogP contribution in [0.3, 0.4) is 0 Å². The molecule has 1 aliphatic carbocycles. The molecule has 1 amide bonds. The third-order valence-electron chi connectivity index (χ3n) is 4.38. The average molecular weight is 208 g/mol. The molecule has 15 heavy (non-hydrogen) atoms. The first-order valence-electron chi connectivity index (χ1n) is 6.29. The molecule has 84 valence electrons. The van der Waals surface area contributed by atoms with Crippen molar-refractivity contribution in [2.24, 2.45) is 11.3 Å². The van der Waals surface area contributed by atoms with Crippen LogP contribution in [0.2, 0.25) is 0 Å². The Bertz CT molecular complexity index is 259. The van der Waals surface area contributed by atoms with Gasteiger partial charge in [0.1, 0.15) is 0 Å². The van der Waals surface area contributed by atoms with Crippen LogP contribution >= 0.6 is 0 Å². The zero-order valence-corrected chi connectivity index (χ0v) is 9.30. The van der Waals surface area contributed by atoms with E-state index in [1.165, 1.54) is 25.8 Å². The van der Waals surface area contributed by atoms with Crippen LogP contribution in [0.4, 0.5) is 0 Å². The molecule has 3 aliphatic rings. The Morgan fingerprint density at radius 3 is 2.60 bits per heavy atom. The fraction of sp³-hybridized carbons (Fsp3) is 0.917. The largest absolute Gasteiger partial charge is 0.341 e. The van der Waals surface area contributed by atoms with Crippen molar-refractivity contribution in [2.45, 2.75) is 32.1 Å². The minimum atomic E-state index is 0.388. The molecule has 2 heterocycles. The van der Waals surface area contributed by atoms with Crippen LogP contribution in [0, 0.1) is 11.3 Å². The van der Waals surface area contributed by atoms with Crippen molar-refractivity contribution in [1.82, 2.24) is 10.2 Å². The predicted octanol–water partition coefficient (Wildman–Crippen LogP) is 0.998. The molecule has 3 fully saturated rings. The number of nitrogens with zero attached hydrogens (tertiary/aromatic N) is 1. The van der Waals surface area contributed by atoms with Crippen molar-refractivity contribution in [3.63, 3.8) is 0 Å². The monoisotopic (exact) mass is 208 g/mol. The number of piperidine rings is 1. The summed E-state index contributed by atoms with van der Waals surface area (Å²) in [5.74, 6) is 0.830. The number of hydrogen-bond acceptors (Lipinski definition) is 2. The molecule has 0 bridgehead atoms. The maximum atomic E-state index is 11.9. The summed E-state index contributed by atoms with van der Waals surface area (Å²) < 4.78 is 0. The van der Waals surface area contributed by atoms with Gasteiger partial charge in [0.15, 0.2) is 0 Å². The van der Waals surface area contributed by atoms with Crippen LogP contribution < -0.4 is 5.32 Å². The molecule has 3 rings (SSSR count). The number of nitrogens with one attached hydrogen (secondary N) is 1. The van der Waals surface area contributed by atoms with Gasteiger partial charge in [-0.05, 0) is 32.2 Å². The van der Waals surface area contributed by atoms with E-state index < -0.39 is 0 Å². The van der Waals surface area contributed by atoms with Gasteiger partial charge in [0.25, 0.3) is 0 Å². The molecule has 0 atom stereocenters. The fourth-order valence-electron chi connectivity index (χ4n) is 3.13. The molecule has 2 aliphatic heterocycles. The van der Waals surface area contributed by atoms with Crippen LogP contribution in [-0.2, 0) is 4.79 Å². The van der Waals surface area contributed by atoms with Gasteiger partial charge >= 0.3 is 0 Å². The topological polar surface area (TPSA) is 32.3 Å². The van der Waals surface area contributed by atoms with Gasteiger partial charge < -0.3 is 10.2 Å². The maximum absolute atomic E-state index is 11.9. The fourth-order valence-corrected chi connectivity index (χ4v) is 3.13. The maximum Gasteiger partial charge on any atom is 0.225 e. The van der Waals surface area contributed by atoms with Crippen LogP contribution in [0.15, 0.2) is 0 Å². The SMILES string of the molecule is O=C(C1CCC1)N1CC2(CCCNC2)C1. The van der Waals surface area contributed by atoms with Gasteiger partial charge in [0, 0.05) is 31.0 Å². The zero-order valence-electron chi connectivity index (χ0n) is 9.30. The summed E-state index contributed by atoms with van der Waals surface area (Å²) >= 11 is 0. The Morgan fingerprint density at radius 2 is 2.07 bits per heavy atom. The van der Waals surface area contributed by atoms with Gasteiger partial charge in [-0.3, -0.25) is 4.79 Å². The van der Waals surface area contributed by atoms with E-state index in [1.54, 1.807) is 0 Å². The molecular formula is C12H20N2O. The van der Waals surface area contributed by atoms with E-state index in [1.807, 2.05) is 0 Å². The lowest BCUT2D eigenvalue weighted by molar-refractivity contribution is -0.151. The zero-order chi connectivity index (χ0) is 10.3. The first kappa shape index (κ1) is 9.64. The number of carbonyl (C=O) groups excluding carboxylic acids is 1. The number of rotatable bonds is 1. The quantitative estimate of drug-likeness (QED) is 0.697. The minimum absolute atomic E-state index is 0.388. The van der Waals surface area contributed by atoms with Crippen molar-refractivity contribution >= 4 is 5.91 Å². The molecule has 0 radical (unpaired) electrons. The number of amides is 1. The van der Waals surface area contributed by atoms with E-state index in [2.05, 4.69) is 10.2 Å². The summed E-state index contributed by atoms with van der Waals surface area (Å²) in [6.45, 7) is 4.34. The van der Waals surface area contributed by atoms with E-state index in [9.17, 15) is 4.79 Å². The summed E-state index contributed by atoms with van der Waals surface area (Å²) in [5.41, 5.74) is 0.456. The second kappa shape index (κ2) is 3.48. The Morgan fingerprint density at radius 1 is 1.27 bits per heavy atom. The molecule has 0 aromatic carbocycles. The molecule has 0 unspecified atom stereocenters. The number of carbonyl (C=O) groups is 1. The third-order valence-corrected chi connectivity index (χ3v) is 4.38. The van der Waals surface area contributed by atoms with Gasteiger partial charge in [-0.15, -0.1) is 0 Å². The first-order chi connectivity index (χ1) is 7.29. The Balaban J connectivity index is 1.53. The van der Waals surface area contributed by atoms with Gasteiger partial charge in [0.05, 0.1) is 0 Å². The van der Waals surface area contributed by atoms with Crippen LogP contribution in [0.5, 0.6) is 0 Å². The second-order valence-electron chi connectivity index (χ2n) is 5.60. The van der Waals surface area contributed by atoms with Crippen molar-refractivity contribution in [2.75, 3.05) is 26.2 Å². The molecule has 1 spiro atoms. The summed E-state index contributed by atoms with van der Waals surface area (Å²) in [6, 6.07) is 0. The normalized spacial score (nSPS) is 29.7. The lowest BCUT2D eigenvalue weighted by atomic mass is 9.72. The van der Waals surface area contributed by atoms with E-state index in [0.29, 0.717) is 17.2 Å². The highest BCUT2D eigenvalue weighted by atomic mass is 16.2. The van der Waals surface area contributed by atoms with E-state index in [-0.39, 0.29) is 0 Å². The standard InChI is InChI=1S/C12H20N2O/c15-11(10-3-1-4-10)14-8-12(9-14)5-2-6-13-7-12/h10,13H,1-9H2. The van der Waals surface area contributed by atoms with Crippen molar-refractivity contribution in [3.8, 4) is 0 Å². The molecular weight excluding hydrogens is 188 g/mol. The number of likely N-dealkylation sites (tertiary alicyclic amines) is 1. The van der Waals surface area contributed by atoms with Crippen LogP contribution in [0.25, 0.3) is 0 Å². The van der Waals surface area contributed by atoms with Gasteiger partial charge in [-0.2, -0.15) is 0 Å². The second-order valence-corrected chi connectivity index (χ2v) is 5.60. The van der Waals surface area contributed by atoms with Crippen molar-refractivity contribution in [3.05, 3.63) is 0 Å². The Labute approximate surface area is 91.2 Å².